The van der Waals surface area contributed by atoms with E-state index in [2.05, 4.69) is 5.32 Å². The highest BCUT2D eigenvalue weighted by atomic mass is 35.5. The average molecular weight is 487 g/mol. The van der Waals surface area contributed by atoms with Crippen molar-refractivity contribution < 1.29 is 22.7 Å². The first-order valence-electron chi connectivity index (χ1n) is 10.2. The molecule has 0 saturated heterocycles. The Labute approximate surface area is 197 Å². The predicted octanol–water partition coefficient (Wildman–Crippen LogP) is 4.56. The second-order valence-electron chi connectivity index (χ2n) is 7.76. The van der Waals surface area contributed by atoms with Gasteiger partial charge in [0.15, 0.2) is 6.10 Å². The number of nitrogens with one attached hydrogen (secondary N) is 1. The van der Waals surface area contributed by atoms with Gasteiger partial charge >= 0.3 is 0 Å². The molecule has 0 bridgehead atoms. The molecule has 0 spiro atoms. The summed E-state index contributed by atoms with van der Waals surface area (Å²) in [5.74, 6) is 0.204. The molecule has 0 radical (unpaired) electrons. The molecule has 0 saturated carbocycles. The summed E-state index contributed by atoms with van der Waals surface area (Å²) in [6.07, 6.45) is -1.09. The minimum absolute atomic E-state index is 0.137. The minimum Gasteiger partial charge on any atom is -0.495 e. The monoisotopic (exact) mass is 486 g/mol. The van der Waals surface area contributed by atoms with Crippen LogP contribution < -0.4 is 19.1 Å². The van der Waals surface area contributed by atoms with E-state index in [4.69, 9.17) is 21.1 Å². The van der Waals surface area contributed by atoms with Crippen molar-refractivity contribution in [2.45, 2.75) is 24.8 Å². The third kappa shape index (κ3) is 4.62. The highest BCUT2D eigenvalue weighted by Gasteiger charge is 2.38. The van der Waals surface area contributed by atoms with Gasteiger partial charge in [-0.3, -0.25) is 9.10 Å². The van der Waals surface area contributed by atoms with Gasteiger partial charge in [-0.2, -0.15) is 0 Å². The lowest BCUT2D eigenvalue weighted by molar-refractivity contribution is -0.122. The number of carbonyl (C=O) groups is 1. The van der Waals surface area contributed by atoms with Gasteiger partial charge in [0.05, 0.1) is 29.9 Å². The van der Waals surface area contributed by atoms with Gasteiger partial charge in [0.1, 0.15) is 11.5 Å². The van der Waals surface area contributed by atoms with E-state index in [9.17, 15) is 13.2 Å². The lowest BCUT2D eigenvalue weighted by Gasteiger charge is -2.35. The highest BCUT2D eigenvalue weighted by Crippen LogP contribution is 2.38. The zero-order valence-electron chi connectivity index (χ0n) is 18.3. The highest BCUT2D eigenvalue weighted by molar-refractivity contribution is 7.92. The van der Waals surface area contributed by atoms with Crippen molar-refractivity contribution in [3.63, 3.8) is 0 Å². The van der Waals surface area contributed by atoms with Crippen LogP contribution >= 0.6 is 11.6 Å². The number of anilines is 2. The van der Waals surface area contributed by atoms with Crippen molar-refractivity contribution >= 4 is 38.9 Å². The van der Waals surface area contributed by atoms with Gasteiger partial charge in [-0.05, 0) is 61.9 Å². The number of amides is 1. The Morgan fingerprint density at radius 3 is 2.45 bits per heavy atom. The average Bonchev–Trinajstić information content (AvgIpc) is 2.78. The van der Waals surface area contributed by atoms with Gasteiger partial charge in [0.25, 0.3) is 15.9 Å². The summed E-state index contributed by atoms with van der Waals surface area (Å²) in [5, 5.41) is 3.16. The van der Waals surface area contributed by atoms with Crippen LogP contribution in [0.4, 0.5) is 11.4 Å². The first-order chi connectivity index (χ1) is 15.7. The van der Waals surface area contributed by atoms with Crippen LogP contribution in [0.25, 0.3) is 0 Å². The number of methoxy groups -OCH3 is 1. The molecule has 3 aromatic rings. The maximum atomic E-state index is 13.5. The van der Waals surface area contributed by atoms with Crippen LogP contribution in [-0.2, 0) is 14.8 Å². The van der Waals surface area contributed by atoms with Crippen LogP contribution in [-0.4, -0.2) is 34.1 Å². The molecule has 1 amide bonds. The fourth-order valence-electron chi connectivity index (χ4n) is 3.55. The van der Waals surface area contributed by atoms with Crippen molar-refractivity contribution in [2.75, 3.05) is 23.3 Å². The van der Waals surface area contributed by atoms with Crippen LogP contribution in [0.15, 0.2) is 65.6 Å². The summed E-state index contributed by atoms with van der Waals surface area (Å²) in [4.78, 5) is 13.3. The van der Waals surface area contributed by atoms with Crippen LogP contribution in [0.2, 0.25) is 5.02 Å². The second kappa shape index (κ2) is 8.96. The fraction of sp³-hybridized carbons (Fsp3) is 0.208. The normalized spacial score (nSPS) is 15.4. The number of aryl methyl sites for hydroxylation is 2. The van der Waals surface area contributed by atoms with Gasteiger partial charge in [-0.25, -0.2) is 8.42 Å². The quantitative estimate of drug-likeness (QED) is 0.571. The zero-order chi connectivity index (χ0) is 23.8. The topological polar surface area (TPSA) is 84.9 Å². The first-order valence-corrected chi connectivity index (χ1v) is 12.0. The van der Waals surface area contributed by atoms with Crippen LogP contribution in [0.1, 0.15) is 11.1 Å². The van der Waals surface area contributed by atoms with E-state index in [0.717, 1.165) is 11.1 Å². The van der Waals surface area contributed by atoms with Crippen molar-refractivity contribution in [2.24, 2.45) is 0 Å². The predicted molar refractivity (Wildman–Crippen MR) is 128 cm³/mol. The number of hydrogen-bond donors (Lipinski definition) is 1. The molecule has 1 aliphatic rings. The maximum Gasteiger partial charge on any atom is 0.267 e. The number of hydrogen-bond acceptors (Lipinski definition) is 5. The zero-order valence-corrected chi connectivity index (χ0v) is 19.9. The van der Waals surface area contributed by atoms with Gasteiger partial charge in [-0.1, -0.05) is 35.4 Å². The van der Waals surface area contributed by atoms with E-state index in [0.29, 0.717) is 27.9 Å². The largest absolute Gasteiger partial charge is 0.495 e. The van der Waals surface area contributed by atoms with Gasteiger partial charge in [0.2, 0.25) is 0 Å². The molecule has 172 valence electrons. The van der Waals surface area contributed by atoms with Crippen molar-refractivity contribution in [3.05, 3.63) is 76.8 Å². The molecule has 3 aromatic carbocycles. The Morgan fingerprint density at radius 1 is 1.06 bits per heavy atom. The Kier molecular flexibility index (Phi) is 6.23. The summed E-state index contributed by atoms with van der Waals surface area (Å²) in [6.45, 7) is 3.55. The lowest BCUT2D eigenvalue weighted by atomic mass is 10.1. The maximum absolute atomic E-state index is 13.5. The number of carbonyl (C=O) groups excluding carboxylic acids is 1. The molecule has 1 aliphatic heterocycles. The number of fused-ring (bicyclic) bond motifs is 1. The smallest absolute Gasteiger partial charge is 0.267 e. The SMILES string of the molecule is COc1ccc(Cl)cc1NC(=O)[C@H]1CN(S(=O)(=O)c2ccc(C)cc2)c2cc(C)ccc2O1. The summed E-state index contributed by atoms with van der Waals surface area (Å²) in [6, 6.07) is 16.6. The molecule has 7 nitrogen and oxygen atoms in total. The van der Waals surface area contributed by atoms with E-state index in [-0.39, 0.29) is 11.4 Å². The summed E-state index contributed by atoms with van der Waals surface area (Å²) in [7, 11) is -2.46. The molecule has 0 unspecified atom stereocenters. The van der Waals surface area contributed by atoms with Gasteiger partial charge in [-0.15, -0.1) is 0 Å². The van der Waals surface area contributed by atoms with Crippen LogP contribution in [0, 0.1) is 13.8 Å². The van der Waals surface area contributed by atoms with Gasteiger partial charge in [0, 0.05) is 5.02 Å². The van der Waals surface area contributed by atoms with E-state index < -0.39 is 22.0 Å². The third-order valence-electron chi connectivity index (χ3n) is 5.30. The summed E-state index contributed by atoms with van der Waals surface area (Å²) >= 11 is 6.06. The van der Waals surface area contributed by atoms with Crippen molar-refractivity contribution in [1.29, 1.82) is 0 Å². The molecule has 1 heterocycles. The molecule has 0 fully saturated rings. The van der Waals surface area contributed by atoms with Gasteiger partial charge < -0.3 is 14.8 Å². The minimum atomic E-state index is -3.94. The molecule has 0 aliphatic carbocycles. The van der Waals surface area contributed by atoms with E-state index in [1.807, 2.05) is 13.8 Å². The molecular weight excluding hydrogens is 464 g/mol. The number of sulfonamides is 1. The fourth-order valence-corrected chi connectivity index (χ4v) is 5.19. The molecule has 9 heteroatoms. The molecule has 0 aromatic heterocycles. The Bertz CT molecular complexity index is 1310. The molecule has 1 atom stereocenters. The van der Waals surface area contributed by atoms with Crippen molar-refractivity contribution in [1.82, 2.24) is 0 Å². The standard InChI is InChI=1S/C24H23ClN2O5S/c1-15-4-8-18(9-5-15)33(29,30)27-14-23(32-22-10-6-16(2)12-20(22)27)24(28)26-19-13-17(25)7-11-21(19)31-3/h4-13,23H,14H2,1-3H3,(H,26,28)/t23-/m1/s1. The van der Waals surface area contributed by atoms with E-state index >= 15 is 0 Å². The van der Waals surface area contributed by atoms with Crippen LogP contribution in [0.3, 0.4) is 0 Å². The number of halogens is 1. The summed E-state index contributed by atoms with van der Waals surface area (Å²) in [5.41, 5.74) is 2.56. The molecule has 4 rings (SSSR count). The second-order valence-corrected chi connectivity index (χ2v) is 10.1. The molecule has 1 N–H and O–H groups in total. The van der Waals surface area contributed by atoms with Crippen LogP contribution in [0.5, 0.6) is 11.5 Å². The lowest BCUT2D eigenvalue weighted by Crippen LogP contribution is -2.48. The number of benzene rings is 3. The van der Waals surface area contributed by atoms with Crippen molar-refractivity contribution in [3.8, 4) is 11.5 Å². The Morgan fingerprint density at radius 2 is 1.76 bits per heavy atom. The Hall–Kier alpha value is -3.23. The number of ether oxygens (including phenoxy) is 2. The van der Waals surface area contributed by atoms with E-state index in [1.54, 1.807) is 60.7 Å². The number of rotatable bonds is 5. The van der Waals surface area contributed by atoms with E-state index in [1.165, 1.54) is 11.4 Å². The molecular formula is C24H23ClN2O5S. The first kappa shape index (κ1) is 22.9. The Balaban J connectivity index is 1.70. The third-order valence-corrected chi connectivity index (χ3v) is 7.33. The molecule has 33 heavy (non-hydrogen) atoms. The summed E-state index contributed by atoms with van der Waals surface area (Å²) < 4.78 is 39.5. The number of nitrogens with zero attached hydrogens (tertiary/aromatic N) is 1.